The van der Waals surface area contributed by atoms with Gasteiger partial charge in [0, 0.05) is 18.5 Å². The largest absolute Gasteiger partial charge is 0.496 e. The van der Waals surface area contributed by atoms with E-state index in [9.17, 15) is 13.6 Å². The zero-order valence-electron chi connectivity index (χ0n) is 16.5. The van der Waals surface area contributed by atoms with Crippen molar-refractivity contribution in [2.75, 3.05) is 20.2 Å². The van der Waals surface area contributed by atoms with Crippen LogP contribution in [-0.2, 0) is 20.5 Å². The maximum atomic E-state index is 13.4. The maximum Gasteiger partial charge on any atom is 0.494 e. The number of carbonyl (C=O) groups excluding carboxylic acids is 1. The number of hydrogen-bond acceptors (Lipinski definition) is 4. The van der Waals surface area contributed by atoms with Gasteiger partial charge in [0.25, 0.3) is 5.92 Å². The van der Waals surface area contributed by atoms with Crippen molar-refractivity contribution in [1.29, 1.82) is 0 Å². The Balaban J connectivity index is 1.80. The van der Waals surface area contributed by atoms with Gasteiger partial charge in [-0.05, 0) is 39.2 Å². The normalized spacial score (nSPS) is 22.9. The van der Waals surface area contributed by atoms with Crippen LogP contribution in [0.5, 0.6) is 5.75 Å². The molecule has 0 aromatic heterocycles. The number of carbonyl (C=O) groups is 1. The van der Waals surface area contributed by atoms with Gasteiger partial charge in [-0.25, -0.2) is 8.78 Å². The average molecular weight is 381 g/mol. The van der Waals surface area contributed by atoms with E-state index in [0.717, 1.165) is 5.46 Å². The van der Waals surface area contributed by atoms with E-state index in [1.54, 1.807) is 12.1 Å². The van der Waals surface area contributed by atoms with Crippen LogP contribution in [0.15, 0.2) is 18.2 Å². The van der Waals surface area contributed by atoms with E-state index in [0.29, 0.717) is 11.3 Å². The van der Waals surface area contributed by atoms with Crippen molar-refractivity contribution in [2.45, 2.75) is 57.7 Å². The number of ether oxygens (including phenoxy) is 1. The molecule has 0 atom stereocenters. The van der Waals surface area contributed by atoms with Gasteiger partial charge in [0.05, 0.1) is 31.3 Å². The van der Waals surface area contributed by atoms with Crippen LogP contribution in [0.4, 0.5) is 8.78 Å². The molecule has 0 aliphatic carbocycles. The zero-order chi connectivity index (χ0) is 20.0. The van der Waals surface area contributed by atoms with Crippen LogP contribution in [0.3, 0.4) is 0 Å². The third-order valence-electron chi connectivity index (χ3n) is 5.69. The number of methoxy groups -OCH3 is 1. The van der Waals surface area contributed by atoms with Gasteiger partial charge in [-0.1, -0.05) is 12.1 Å². The molecule has 2 aliphatic rings. The molecule has 1 aromatic rings. The van der Waals surface area contributed by atoms with Crippen LogP contribution < -0.4 is 10.2 Å². The molecule has 0 radical (unpaired) electrons. The van der Waals surface area contributed by atoms with Gasteiger partial charge >= 0.3 is 7.12 Å². The maximum absolute atomic E-state index is 13.4. The van der Waals surface area contributed by atoms with Gasteiger partial charge in [-0.2, -0.15) is 0 Å². The van der Waals surface area contributed by atoms with Crippen LogP contribution in [0.2, 0.25) is 0 Å². The minimum Gasteiger partial charge on any atom is -0.496 e. The first-order valence-electron chi connectivity index (χ1n) is 9.12. The number of alkyl halides is 2. The quantitative estimate of drug-likeness (QED) is 0.752. The van der Waals surface area contributed by atoms with E-state index in [1.807, 2.05) is 33.8 Å². The Kier molecular flexibility index (Phi) is 5.01. The standard InChI is InChI=1S/C19H26BF2NO4/c1-17(2)18(3,4)27-20(26-17)14-6-7-15(25-5)13(10-14)11-16(24)23-9-8-19(21,22)12-23/h6-7,10H,8-9,11-12H2,1-5H3. The molecule has 1 amide bonds. The number of rotatable bonds is 4. The summed E-state index contributed by atoms with van der Waals surface area (Å²) >= 11 is 0. The van der Waals surface area contributed by atoms with Crippen LogP contribution in [0, 0.1) is 0 Å². The van der Waals surface area contributed by atoms with Crippen molar-refractivity contribution < 1.29 is 27.6 Å². The molecule has 1 aromatic carbocycles. The molecule has 2 saturated heterocycles. The molecule has 0 N–H and O–H groups in total. The molecule has 0 bridgehead atoms. The third-order valence-corrected chi connectivity index (χ3v) is 5.69. The van der Waals surface area contributed by atoms with Gasteiger partial charge < -0.3 is 18.9 Å². The summed E-state index contributed by atoms with van der Waals surface area (Å²) in [6, 6.07) is 5.38. The fourth-order valence-electron chi connectivity index (χ4n) is 3.29. The van der Waals surface area contributed by atoms with Crippen LogP contribution in [0.25, 0.3) is 0 Å². The highest BCUT2D eigenvalue weighted by Gasteiger charge is 2.51. The van der Waals surface area contributed by atoms with E-state index in [2.05, 4.69) is 0 Å². The van der Waals surface area contributed by atoms with Gasteiger partial charge in [0.1, 0.15) is 5.75 Å². The van der Waals surface area contributed by atoms with Crippen molar-refractivity contribution in [3.05, 3.63) is 23.8 Å². The lowest BCUT2D eigenvalue weighted by atomic mass is 9.78. The molecule has 8 heteroatoms. The van der Waals surface area contributed by atoms with Gasteiger partial charge in [-0.15, -0.1) is 0 Å². The number of halogens is 2. The molecule has 5 nitrogen and oxygen atoms in total. The van der Waals surface area contributed by atoms with Crippen molar-refractivity contribution in [3.63, 3.8) is 0 Å². The molecule has 2 aliphatic heterocycles. The smallest absolute Gasteiger partial charge is 0.494 e. The highest BCUT2D eigenvalue weighted by atomic mass is 19.3. The highest BCUT2D eigenvalue weighted by molar-refractivity contribution is 6.62. The Hall–Kier alpha value is -1.67. The summed E-state index contributed by atoms with van der Waals surface area (Å²) in [7, 11) is 0.952. The first-order chi connectivity index (χ1) is 12.4. The number of benzene rings is 1. The fourth-order valence-corrected chi connectivity index (χ4v) is 3.29. The summed E-state index contributed by atoms with van der Waals surface area (Å²) in [4.78, 5) is 13.7. The first kappa shape index (κ1) is 20.1. The Bertz CT molecular complexity index is 722. The Morgan fingerprint density at radius 3 is 2.37 bits per heavy atom. The predicted octanol–water partition coefficient (Wildman–Crippen LogP) is 2.40. The highest BCUT2D eigenvalue weighted by Crippen LogP contribution is 2.36. The lowest BCUT2D eigenvalue weighted by molar-refractivity contribution is -0.130. The van der Waals surface area contributed by atoms with E-state index >= 15 is 0 Å². The molecule has 2 fully saturated rings. The Labute approximate surface area is 159 Å². The summed E-state index contributed by atoms with van der Waals surface area (Å²) < 4.78 is 44.3. The summed E-state index contributed by atoms with van der Waals surface area (Å²) in [6.45, 7) is 7.42. The first-order valence-corrected chi connectivity index (χ1v) is 9.12. The molecular weight excluding hydrogens is 355 g/mol. The Morgan fingerprint density at radius 2 is 1.85 bits per heavy atom. The second-order valence-electron chi connectivity index (χ2n) is 8.26. The molecule has 2 heterocycles. The molecule has 0 unspecified atom stereocenters. The summed E-state index contributed by atoms with van der Waals surface area (Å²) in [5.41, 5.74) is 0.442. The summed E-state index contributed by atoms with van der Waals surface area (Å²) in [5.74, 6) is -2.60. The molecule has 27 heavy (non-hydrogen) atoms. The lowest BCUT2D eigenvalue weighted by Crippen LogP contribution is -2.41. The lowest BCUT2D eigenvalue weighted by Gasteiger charge is -2.32. The minimum atomic E-state index is -2.80. The fraction of sp³-hybridized carbons (Fsp3) is 0.632. The van der Waals surface area contributed by atoms with E-state index in [1.165, 1.54) is 12.0 Å². The van der Waals surface area contributed by atoms with Gasteiger partial charge in [0.2, 0.25) is 5.91 Å². The number of amides is 1. The second kappa shape index (κ2) is 6.74. The van der Waals surface area contributed by atoms with Gasteiger partial charge in [0.15, 0.2) is 0 Å². The SMILES string of the molecule is COc1ccc(B2OC(C)(C)C(C)(C)O2)cc1CC(=O)N1CCC(F)(F)C1. The number of nitrogens with zero attached hydrogens (tertiary/aromatic N) is 1. The molecular formula is C19H26BF2NO4. The number of likely N-dealkylation sites (tertiary alicyclic amines) is 1. The second-order valence-corrected chi connectivity index (χ2v) is 8.26. The van der Waals surface area contributed by atoms with E-state index in [-0.39, 0.29) is 25.3 Å². The van der Waals surface area contributed by atoms with Crippen LogP contribution >= 0.6 is 0 Å². The third kappa shape index (κ3) is 3.96. The summed E-state index contributed by atoms with van der Waals surface area (Å²) in [5, 5.41) is 0. The molecule has 148 valence electrons. The van der Waals surface area contributed by atoms with Crippen molar-refractivity contribution >= 4 is 18.5 Å². The van der Waals surface area contributed by atoms with E-state index < -0.39 is 30.8 Å². The van der Waals surface area contributed by atoms with Crippen LogP contribution in [-0.4, -0.2) is 55.2 Å². The van der Waals surface area contributed by atoms with E-state index in [4.69, 9.17) is 14.0 Å². The van der Waals surface area contributed by atoms with Crippen molar-refractivity contribution in [1.82, 2.24) is 4.90 Å². The average Bonchev–Trinajstić information content (AvgIpc) is 3.03. The van der Waals surface area contributed by atoms with Crippen molar-refractivity contribution in [2.24, 2.45) is 0 Å². The molecule has 0 spiro atoms. The minimum absolute atomic E-state index is 0.00734. The van der Waals surface area contributed by atoms with Crippen LogP contribution in [0.1, 0.15) is 39.7 Å². The predicted molar refractivity (Wildman–Crippen MR) is 98.6 cm³/mol. The molecule has 0 saturated carbocycles. The number of hydrogen-bond donors (Lipinski definition) is 0. The van der Waals surface area contributed by atoms with Gasteiger partial charge in [-0.3, -0.25) is 4.79 Å². The zero-order valence-corrected chi connectivity index (χ0v) is 16.5. The molecule has 3 rings (SSSR count). The summed E-state index contributed by atoms with van der Waals surface area (Å²) in [6.07, 6.45) is -0.295. The van der Waals surface area contributed by atoms with Crippen molar-refractivity contribution in [3.8, 4) is 5.75 Å². The Morgan fingerprint density at radius 1 is 1.22 bits per heavy atom. The monoisotopic (exact) mass is 381 g/mol. The topological polar surface area (TPSA) is 48.0 Å².